The number of hydrogen-bond acceptors (Lipinski definition) is 2. The van der Waals surface area contributed by atoms with Gasteiger partial charge < -0.3 is 11.1 Å². The lowest BCUT2D eigenvalue weighted by Crippen LogP contribution is -2.31. The van der Waals surface area contributed by atoms with Gasteiger partial charge in [-0.2, -0.15) is 0 Å². The summed E-state index contributed by atoms with van der Waals surface area (Å²) < 4.78 is 0. The van der Waals surface area contributed by atoms with Gasteiger partial charge in [-0.15, -0.1) is 6.58 Å². The number of nitrogens with one attached hydrogen (secondary N) is 1. The molecule has 1 atom stereocenters. The maximum Gasteiger partial charge on any atom is 0.0136 e. The van der Waals surface area contributed by atoms with Crippen LogP contribution in [-0.4, -0.2) is 19.1 Å². The van der Waals surface area contributed by atoms with Gasteiger partial charge in [-0.05, 0) is 26.8 Å². The Labute approximate surface area is 63.5 Å². The van der Waals surface area contributed by atoms with Crippen LogP contribution < -0.4 is 11.1 Å². The molecule has 0 aromatic carbocycles. The molecule has 0 aromatic heterocycles. The van der Waals surface area contributed by atoms with Crippen molar-refractivity contribution in [1.29, 1.82) is 0 Å². The second-order valence-electron chi connectivity index (χ2n) is 2.89. The minimum absolute atomic E-state index is 0.255. The van der Waals surface area contributed by atoms with Crippen molar-refractivity contribution in [2.24, 2.45) is 5.73 Å². The maximum atomic E-state index is 5.52. The molecule has 0 radical (unpaired) electrons. The van der Waals surface area contributed by atoms with Crippen molar-refractivity contribution in [3.8, 4) is 0 Å². The van der Waals surface area contributed by atoms with Crippen molar-refractivity contribution in [1.82, 2.24) is 5.32 Å². The standard InChI is InChI=1S/C8H18N2/c1-7(2)4-5-10-6-8(3)9/h8,10H,1,4-6,9H2,2-3H3. The maximum absolute atomic E-state index is 5.52. The van der Waals surface area contributed by atoms with Crippen LogP contribution in [0.15, 0.2) is 12.2 Å². The highest BCUT2D eigenvalue weighted by Gasteiger charge is 1.91. The van der Waals surface area contributed by atoms with Crippen LogP contribution in [0.2, 0.25) is 0 Å². The van der Waals surface area contributed by atoms with Gasteiger partial charge in [0.05, 0.1) is 0 Å². The summed E-state index contributed by atoms with van der Waals surface area (Å²) in [4.78, 5) is 0. The van der Waals surface area contributed by atoms with E-state index in [1.54, 1.807) is 0 Å². The third kappa shape index (κ3) is 7.66. The Morgan fingerprint density at radius 1 is 1.70 bits per heavy atom. The quantitative estimate of drug-likeness (QED) is 0.442. The molecule has 0 saturated carbocycles. The Balaban J connectivity index is 2.98. The van der Waals surface area contributed by atoms with Crippen molar-refractivity contribution >= 4 is 0 Å². The van der Waals surface area contributed by atoms with E-state index in [1.165, 1.54) is 5.57 Å². The Kier molecular flexibility index (Phi) is 5.26. The van der Waals surface area contributed by atoms with E-state index in [-0.39, 0.29) is 6.04 Å². The molecule has 1 unspecified atom stereocenters. The van der Waals surface area contributed by atoms with E-state index < -0.39 is 0 Å². The average molecular weight is 142 g/mol. The minimum Gasteiger partial charge on any atom is -0.327 e. The molecule has 0 aliphatic heterocycles. The first-order valence-electron chi connectivity index (χ1n) is 3.73. The van der Waals surface area contributed by atoms with Gasteiger partial charge in [-0.25, -0.2) is 0 Å². The van der Waals surface area contributed by atoms with Crippen molar-refractivity contribution in [2.45, 2.75) is 26.3 Å². The van der Waals surface area contributed by atoms with Gasteiger partial charge >= 0.3 is 0 Å². The fourth-order valence-corrected chi connectivity index (χ4v) is 0.632. The SMILES string of the molecule is C=C(C)CCNCC(C)N. The Hall–Kier alpha value is -0.340. The molecule has 0 rings (SSSR count). The van der Waals surface area contributed by atoms with E-state index in [9.17, 15) is 0 Å². The van der Waals surface area contributed by atoms with Gasteiger partial charge in [0.15, 0.2) is 0 Å². The van der Waals surface area contributed by atoms with Gasteiger partial charge in [0.1, 0.15) is 0 Å². The van der Waals surface area contributed by atoms with E-state index in [2.05, 4.69) is 11.9 Å². The third-order valence-corrected chi connectivity index (χ3v) is 1.19. The first-order valence-corrected chi connectivity index (χ1v) is 3.73. The third-order valence-electron chi connectivity index (χ3n) is 1.19. The molecule has 3 N–H and O–H groups in total. The lowest BCUT2D eigenvalue weighted by Gasteiger charge is -2.06. The van der Waals surface area contributed by atoms with Crippen LogP contribution >= 0.6 is 0 Å². The van der Waals surface area contributed by atoms with Crippen LogP contribution in [0.3, 0.4) is 0 Å². The second-order valence-corrected chi connectivity index (χ2v) is 2.89. The molecule has 2 heteroatoms. The molecular formula is C8H18N2. The molecule has 0 fully saturated rings. The van der Waals surface area contributed by atoms with E-state index in [4.69, 9.17) is 5.73 Å². The summed E-state index contributed by atoms with van der Waals surface area (Å²) >= 11 is 0. The van der Waals surface area contributed by atoms with Crippen LogP contribution in [0.25, 0.3) is 0 Å². The summed E-state index contributed by atoms with van der Waals surface area (Å²) in [6.45, 7) is 9.72. The molecule has 0 aliphatic carbocycles. The zero-order valence-corrected chi connectivity index (χ0v) is 6.98. The molecule has 60 valence electrons. The predicted molar refractivity (Wildman–Crippen MR) is 46.0 cm³/mol. The topological polar surface area (TPSA) is 38.0 Å². The summed E-state index contributed by atoms with van der Waals surface area (Å²) in [5, 5.41) is 3.23. The molecule has 0 bridgehead atoms. The smallest absolute Gasteiger partial charge is 0.0136 e. The molecule has 0 saturated heterocycles. The highest BCUT2D eigenvalue weighted by Crippen LogP contribution is 1.91. The van der Waals surface area contributed by atoms with Crippen LogP contribution in [0.5, 0.6) is 0 Å². The molecule has 0 spiro atoms. The largest absolute Gasteiger partial charge is 0.327 e. The fourth-order valence-electron chi connectivity index (χ4n) is 0.632. The normalized spacial score (nSPS) is 13.1. The summed E-state index contributed by atoms with van der Waals surface area (Å²) in [5.74, 6) is 0. The molecule has 10 heavy (non-hydrogen) atoms. The first-order chi connectivity index (χ1) is 4.63. The van der Waals surface area contributed by atoms with Gasteiger partial charge in [0, 0.05) is 12.6 Å². The number of rotatable bonds is 5. The lowest BCUT2D eigenvalue weighted by atomic mass is 10.2. The monoisotopic (exact) mass is 142 g/mol. The molecule has 0 amide bonds. The molecule has 2 nitrogen and oxygen atoms in total. The van der Waals surface area contributed by atoms with E-state index in [0.29, 0.717) is 0 Å². The van der Waals surface area contributed by atoms with E-state index in [1.807, 2.05) is 13.8 Å². The summed E-state index contributed by atoms with van der Waals surface area (Å²) in [6.07, 6.45) is 1.05. The molecule has 0 aliphatic rings. The Morgan fingerprint density at radius 2 is 2.30 bits per heavy atom. The van der Waals surface area contributed by atoms with Crippen molar-refractivity contribution < 1.29 is 0 Å². The second kappa shape index (κ2) is 5.45. The van der Waals surface area contributed by atoms with Crippen molar-refractivity contribution in [3.05, 3.63) is 12.2 Å². The van der Waals surface area contributed by atoms with Gasteiger partial charge in [-0.1, -0.05) is 5.57 Å². The van der Waals surface area contributed by atoms with Gasteiger partial charge in [0.2, 0.25) is 0 Å². The number of hydrogen-bond donors (Lipinski definition) is 2. The van der Waals surface area contributed by atoms with Crippen molar-refractivity contribution in [2.75, 3.05) is 13.1 Å². The summed E-state index contributed by atoms with van der Waals surface area (Å²) in [6, 6.07) is 0.255. The van der Waals surface area contributed by atoms with Gasteiger partial charge in [-0.3, -0.25) is 0 Å². The minimum atomic E-state index is 0.255. The lowest BCUT2D eigenvalue weighted by molar-refractivity contribution is 0.608. The summed E-state index contributed by atoms with van der Waals surface area (Å²) in [7, 11) is 0. The number of nitrogens with two attached hydrogens (primary N) is 1. The molecule has 0 aromatic rings. The summed E-state index contributed by atoms with van der Waals surface area (Å²) in [5.41, 5.74) is 6.74. The van der Waals surface area contributed by atoms with E-state index in [0.717, 1.165) is 19.5 Å². The zero-order chi connectivity index (χ0) is 7.98. The van der Waals surface area contributed by atoms with Crippen LogP contribution in [0, 0.1) is 0 Å². The molecule has 0 heterocycles. The first kappa shape index (κ1) is 9.66. The average Bonchev–Trinajstić information content (AvgIpc) is 1.79. The Morgan fingerprint density at radius 3 is 2.70 bits per heavy atom. The molecular weight excluding hydrogens is 124 g/mol. The predicted octanol–water partition coefficient (Wildman–Crippen LogP) is 0.889. The highest BCUT2D eigenvalue weighted by molar-refractivity contribution is 4.88. The van der Waals surface area contributed by atoms with Crippen LogP contribution in [-0.2, 0) is 0 Å². The van der Waals surface area contributed by atoms with Gasteiger partial charge in [0.25, 0.3) is 0 Å². The Bertz CT molecular complexity index is 97.4. The van der Waals surface area contributed by atoms with Crippen LogP contribution in [0.4, 0.5) is 0 Å². The zero-order valence-electron chi connectivity index (χ0n) is 6.98. The highest BCUT2D eigenvalue weighted by atomic mass is 14.9. The van der Waals surface area contributed by atoms with E-state index >= 15 is 0 Å². The van der Waals surface area contributed by atoms with Crippen molar-refractivity contribution in [3.63, 3.8) is 0 Å². The van der Waals surface area contributed by atoms with Crippen LogP contribution in [0.1, 0.15) is 20.3 Å². The fraction of sp³-hybridized carbons (Fsp3) is 0.750.